The predicted octanol–water partition coefficient (Wildman–Crippen LogP) is 4.54. The van der Waals surface area contributed by atoms with Gasteiger partial charge in [-0.3, -0.25) is 14.4 Å². The van der Waals surface area contributed by atoms with Gasteiger partial charge in [-0.2, -0.15) is 0 Å². The van der Waals surface area contributed by atoms with Crippen LogP contribution in [0.25, 0.3) is 0 Å². The van der Waals surface area contributed by atoms with Crippen molar-refractivity contribution in [3.8, 4) is 0 Å². The molecule has 18 nitrogen and oxygen atoms in total. The highest BCUT2D eigenvalue weighted by molar-refractivity contribution is 6.03. The summed E-state index contributed by atoms with van der Waals surface area (Å²) in [6, 6.07) is 0. The first kappa shape index (κ1) is 50.6. The van der Waals surface area contributed by atoms with Crippen LogP contribution in [0.15, 0.2) is 106 Å². The first-order valence-electron chi connectivity index (χ1n) is 22.6. The lowest BCUT2D eigenvalue weighted by Gasteiger charge is -2.41. The van der Waals surface area contributed by atoms with E-state index in [4.69, 9.17) is 28.4 Å². The van der Waals surface area contributed by atoms with Gasteiger partial charge in [0.25, 0.3) is 5.91 Å². The molecule has 1 saturated heterocycles. The number of aliphatic hydroxyl groups is 5. The van der Waals surface area contributed by atoms with E-state index in [1.54, 1.807) is 49.6 Å². The molecule has 18 heteroatoms. The fourth-order valence-electron chi connectivity index (χ4n) is 9.48. The summed E-state index contributed by atoms with van der Waals surface area (Å²) >= 11 is 0. The van der Waals surface area contributed by atoms with Crippen LogP contribution in [0.3, 0.4) is 0 Å². The lowest BCUT2D eigenvalue weighted by molar-refractivity contribution is -0.172. The highest BCUT2D eigenvalue weighted by atomic mass is 16.7. The van der Waals surface area contributed by atoms with E-state index in [-0.39, 0.29) is 66.6 Å². The van der Waals surface area contributed by atoms with Crippen molar-refractivity contribution in [1.29, 1.82) is 0 Å². The highest BCUT2D eigenvalue weighted by Gasteiger charge is 2.58. The minimum Gasteiger partial charge on any atom is -0.509 e. The Morgan fingerprint density at radius 2 is 1.64 bits per heavy atom. The Balaban J connectivity index is 1.38. The fraction of sp³-hybridized carbons (Fsp3) is 0.551. The number of rotatable bonds is 7. The predicted molar refractivity (Wildman–Crippen MR) is 241 cm³/mol. The molecule has 7 aliphatic rings. The number of Topliss-reactive ketones (excluding diaryl/α,β-unsaturated/α-hetero) is 1. The molecule has 11 atom stereocenters. The third kappa shape index (κ3) is 10.5. The average Bonchev–Trinajstić information content (AvgIpc) is 3.56. The summed E-state index contributed by atoms with van der Waals surface area (Å²) in [7, 11) is 3.24. The number of ether oxygens (including phenoxy) is 6. The van der Waals surface area contributed by atoms with Gasteiger partial charge in [0.05, 0.1) is 61.6 Å². The minimum atomic E-state index is -1.98. The first-order chi connectivity index (χ1) is 31.7. The number of hydrogen-bond donors (Lipinski definition) is 6. The number of amides is 1. The van der Waals surface area contributed by atoms with Crippen LogP contribution in [-0.2, 0) is 47.6 Å². The lowest BCUT2D eigenvalue weighted by atomic mass is 9.69. The Bertz CT molecular complexity index is 2250. The van der Waals surface area contributed by atoms with Gasteiger partial charge in [0, 0.05) is 75.2 Å². The Kier molecular flexibility index (Phi) is 15.9. The molecular formula is C49H65N3O15. The molecule has 5 aliphatic heterocycles. The Labute approximate surface area is 390 Å². The molecular weight excluding hydrogens is 871 g/mol. The average molecular weight is 936 g/mol. The van der Waals surface area contributed by atoms with Crippen LogP contribution in [0.5, 0.6) is 0 Å². The Hall–Kier alpha value is -5.82. The lowest BCUT2D eigenvalue weighted by Crippen LogP contribution is -2.47. The van der Waals surface area contributed by atoms with E-state index in [2.05, 4.69) is 5.32 Å². The maximum Gasteiger partial charge on any atom is 0.344 e. The molecule has 2 unspecified atom stereocenters. The summed E-state index contributed by atoms with van der Waals surface area (Å²) < 4.78 is 35.0. The van der Waals surface area contributed by atoms with Crippen LogP contribution in [-0.4, -0.2) is 136 Å². The van der Waals surface area contributed by atoms with Crippen LogP contribution < -0.4 is 5.32 Å². The number of aliphatic hydroxyl groups excluding tert-OH is 5. The van der Waals surface area contributed by atoms with Crippen molar-refractivity contribution in [3.63, 3.8) is 0 Å². The molecule has 1 amide bonds. The minimum absolute atomic E-state index is 0.00562. The molecule has 0 radical (unpaired) electrons. The number of carbonyl (C=O) groups is 4. The molecule has 0 aromatic heterocycles. The van der Waals surface area contributed by atoms with E-state index in [0.717, 1.165) is 5.57 Å². The zero-order valence-electron chi connectivity index (χ0n) is 39.6. The molecule has 2 aliphatic carbocycles. The number of methoxy groups -OCH3 is 1. The van der Waals surface area contributed by atoms with Crippen LogP contribution >= 0.6 is 0 Å². The van der Waals surface area contributed by atoms with E-state index >= 15 is 0 Å². The number of fused-ring (bicyclic) bond motifs is 13. The van der Waals surface area contributed by atoms with Crippen molar-refractivity contribution < 1.29 is 73.1 Å². The Morgan fingerprint density at radius 1 is 0.940 bits per heavy atom. The van der Waals surface area contributed by atoms with Crippen molar-refractivity contribution in [3.05, 3.63) is 106 Å². The van der Waals surface area contributed by atoms with Gasteiger partial charge in [0.15, 0.2) is 18.1 Å². The van der Waals surface area contributed by atoms with Gasteiger partial charge < -0.3 is 69.1 Å². The van der Waals surface area contributed by atoms with Crippen LogP contribution in [0, 0.1) is 35.5 Å². The van der Waals surface area contributed by atoms with E-state index < -0.39 is 113 Å². The normalized spacial score (nSPS) is 35.0. The monoisotopic (exact) mass is 935 g/mol. The maximum atomic E-state index is 14.2. The number of morpholine rings is 1. The Morgan fingerprint density at radius 3 is 2.31 bits per heavy atom. The first-order valence-corrected chi connectivity index (χ1v) is 22.6. The van der Waals surface area contributed by atoms with Crippen LogP contribution in [0.1, 0.15) is 61.3 Å². The molecule has 366 valence electrons. The highest BCUT2D eigenvalue weighted by Crippen LogP contribution is 2.54. The number of esters is 2. The number of allylic oxidation sites excluding steroid dienone is 7. The van der Waals surface area contributed by atoms with Gasteiger partial charge in [0.2, 0.25) is 0 Å². The molecule has 1 fully saturated rings. The third-order valence-corrected chi connectivity index (χ3v) is 13.5. The van der Waals surface area contributed by atoms with Gasteiger partial charge >= 0.3 is 17.7 Å². The second-order valence-electron chi connectivity index (χ2n) is 18.3. The molecule has 0 aromatic rings. The van der Waals surface area contributed by atoms with Gasteiger partial charge in [0.1, 0.15) is 34.8 Å². The fourth-order valence-corrected chi connectivity index (χ4v) is 9.48. The summed E-state index contributed by atoms with van der Waals surface area (Å²) in [5.41, 5.74) is 0.869. The van der Waals surface area contributed by atoms with Gasteiger partial charge in [-0.05, 0) is 38.1 Å². The summed E-state index contributed by atoms with van der Waals surface area (Å²) in [4.78, 5) is 57.8. The van der Waals surface area contributed by atoms with Crippen molar-refractivity contribution >= 4 is 23.6 Å². The molecule has 0 spiro atoms. The molecule has 0 saturated carbocycles. The SMILES string of the molecule is CO[C@H]1/C=C/O[C@@]2(C)OC3=C(C)C(=O)C4C(O)=C(NC(=O)/C(C)=C\C=C\[C@H](C)[C@H](O)[C@@H](C)[C@@H](O)[C@@H](C)[C@H](OC(=O)COC(=O)CC5=CN(C)C=CC5)[C@@H]1C)C(N1CCOCC1)=C(O)C4C3=C2O. The number of ketones is 1. The molecule has 7 rings (SSSR count). The summed E-state index contributed by atoms with van der Waals surface area (Å²) in [5, 5.41) is 62.4. The van der Waals surface area contributed by atoms with Crippen molar-refractivity contribution in [2.24, 2.45) is 35.5 Å². The van der Waals surface area contributed by atoms with E-state index in [9.17, 15) is 44.7 Å². The van der Waals surface area contributed by atoms with Crippen LogP contribution in [0.2, 0.25) is 0 Å². The molecule has 5 bridgehead atoms. The standard InChI is InChI=1S/C49H65N3O15/c1-25-12-10-13-26(2)48(61)50-38-39(52-17-20-63-21-18-52)44(59)35-36(43(38)58)42(57)30(6)46-37(35)47(60)49(7,67-46)65-19-15-32(62-9)27(3)45(29(5)41(56)28(4)40(25)55)66-34(54)24-64-33(53)22-31-14-11-16-51(8)23-31/h10-13,15-16,19,23,25,27-29,32,35-36,40-41,45,55-56,58-60H,14,17-18,20-22,24H2,1-9H3,(H,50,61)/b12-10+,19-15+,26-13-/t25-,27+,28+,29+,32-,35?,36?,40-,41+,45+,49-/m0/s1. The van der Waals surface area contributed by atoms with E-state index in [0.29, 0.717) is 6.42 Å². The molecule has 0 aromatic carbocycles. The van der Waals surface area contributed by atoms with Gasteiger partial charge in [-0.1, -0.05) is 52.0 Å². The van der Waals surface area contributed by atoms with Gasteiger partial charge in [-0.15, -0.1) is 0 Å². The summed E-state index contributed by atoms with van der Waals surface area (Å²) in [6.07, 6.45) is 9.12. The smallest absolute Gasteiger partial charge is 0.344 e. The van der Waals surface area contributed by atoms with Crippen molar-refractivity contribution in [2.75, 3.05) is 47.1 Å². The van der Waals surface area contributed by atoms with Crippen molar-refractivity contribution in [2.45, 2.75) is 91.5 Å². The summed E-state index contributed by atoms with van der Waals surface area (Å²) in [5.74, 6) is -12.0. The van der Waals surface area contributed by atoms with E-state index in [1.165, 1.54) is 46.3 Å². The zero-order chi connectivity index (χ0) is 49.1. The second kappa shape index (κ2) is 21.0. The van der Waals surface area contributed by atoms with Gasteiger partial charge in [-0.25, -0.2) is 4.79 Å². The third-order valence-electron chi connectivity index (χ3n) is 13.5. The second-order valence-corrected chi connectivity index (χ2v) is 18.3. The number of nitrogens with one attached hydrogen (secondary N) is 1. The van der Waals surface area contributed by atoms with E-state index in [1.807, 2.05) is 25.5 Å². The van der Waals surface area contributed by atoms with Crippen LogP contribution in [0.4, 0.5) is 0 Å². The zero-order valence-corrected chi connectivity index (χ0v) is 39.6. The largest absolute Gasteiger partial charge is 0.509 e. The summed E-state index contributed by atoms with van der Waals surface area (Å²) in [6.45, 7) is 11.5. The number of carbonyl (C=O) groups excluding carboxylic acids is 4. The molecule has 6 N–H and O–H groups in total. The molecule has 5 heterocycles. The maximum absolute atomic E-state index is 14.2. The topological polar surface area (TPSA) is 243 Å². The quantitative estimate of drug-likeness (QED) is 0.192. The number of nitrogens with zero attached hydrogens (tertiary/aromatic N) is 2. The molecule has 67 heavy (non-hydrogen) atoms. The number of hydrogen-bond acceptors (Lipinski definition) is 17. The van der Waals surface area contributed by atoms with Crippen molar-refractivity contribution in [1.82, 2.24) is 15.1 Å².